The number of carbonyl (C=O) groups is 1. The zero-order valence-electron chi connectivity index (χ0n) is 11.0. The van der Waals surface area contributed by atoms with Crippen LogP contribution in [0.5, 0.6) is 5.75 Å². The van der Waals surface area contributed by atoms with Crippen molar-refractivity contribution >= 4 is 29.3 Å². The van der Waals surface area contributed by atoms with E-state index in [1.54, 1.807) is 6.07 Å². The van der Waals surface area contributed by atoms with Crippen LogP contribution in [0.15, 0.2) is 48.5 Å². The Morgan fingerprint density at radius 1 is 1.27 bits per heavy atom. The first kappa shape index (κ1) is 15.7. The van der Waals surface area contributed by atoms with E-state index < -0.39 is 16.7 Å². The van der Waals surface area contributed by atoms with E-state index in [1.807, 2.05) is 0 Å². The second-order valence-electron chi connectivity index (χ2n) is 4.18. The highest BCUT2D eigenvalue weighted by molar-refractivity contribution is 6.30. The molecule has 0 atom stereocenters. The molecule has 0 saturated heterocycles. The summed E-state index contributed by atoms with van der Waals surface area (Å²) in [4.78, 5) is 21.7. The summed E-state index contributed by atoms with van der Waals surface area (Å²) in [6.45, 7) is 0. The van der Waals surface area contributed by atoms with E-state index in [-0.39, 0.29) is 16.5 Å². The number of benzene rings is 2. The highest BCUT2D eigenvalue weighted by Crippen LogP contribution is 2.21. The van der Waals surface area contributed by atoms with Gasteiger partial charge in [0.25, 0.3) is 5.69 Å². The largest absolute Gasteiger partial charge is 0.423 e. The average molecular weight is 322 g/mol. The molecule has 0 bridgehead atoms. The lowest BCUT2D eigenvalue weighted by atomic mass is 10.2. The van der Waals surface area contributed by atoms with Gasteiger partial charge in [-0.2, -0.15) is 0 Å². The van der Waals surface area contributed by atoms with Crippen molar-refractivity contribution in [3.63, 3.8) is 0 Å². The van der Waals surface area contributed by atoms with Crippen molar-refractivity contribution in [3.8, 4) is 5.75 Å². The Morgan fingerprint density at radius 2 is 2.05 bits per heavy atom. The second kappa shape index (κ2) is 6.82. The van der Waals surface area contributed by atoms with E-state index in [9.17, 15) is 19.3 Å². The van der Waals surface area contributed by atoms with Crippen molar-refractivity contribution < 1.29 is 18.8 Å². The van der Waals surface area contributed by atoms with Gasteiger partial charge in [0.05, 0.1) is 9.95 Å². The SMILES string of the molecule is O=C(/C=C/c1cccc([N+](=O)[O-])c1)Oc1ccc(F)c(Cl)c1. The number of carbonyl (C=O) groups excluding carboxylic acids is 1. The zero-order valence-corrected chi connectivity index (χ0v) is 11.8. The van der Waals surface area contributed by atoms with Gasteiger partial charge in [-0.15, -0.1) is 0 Å². The molecule has 0 aliphatic heterocycles. The van der Waals surface area contributed by atoms with Gasteiger partial charge in [0.15, 0.2) is 0 Å². The normalized spacial score (nSPS) is 10.6. The number of nitro benzene ring substituents is 1. The van der Waals surface area contributed by atoms with E-state index in [4.69, 9.17) is 16.3 Å². The van der Waals surface area contributed by atoms with Gasteiger partial charge in [0.1, 0.15) is 11.6 Å². The van der Waals surface area contributed by atoms with Gasteiger partial charge in [-0.3, -0.25) is 10.1 Å². The maximum Gasteiger partial charge on any atom is 0.336 e. The van der Waals surface area contributed by atoms with Gasteiger partial charge < -0.3 is 4.74 Å². The van der Waals surface area contributed by atoms with Crippen LogP contribution in [0.4, 0.5) is 10.1 Å². The van der Waals surface area contributed by atoms with Crippen LogP contribution in [0.25, 0.3) is 6.08 Å². The van der Waals surface area contributed by atoms with Crippen LogP contribution in [0.1, 0.15) is 5.56 Å². The lowest BCUT2D eigenvalue weighted by Gasteiger charge is -2.02. The first-order chi connectivity index (χ1) is 10.5. The summed E-state index contributed by atoms with van der Waals surface area (Å²) in [5, 5.41) is 10.5. The number of non-ortho nitro benzene ring substituents is 1. The average Bonchev–Trinajstić information content (AvgIpc) is 2.49. The van der Waals surface area contributed by atoms with Crippen LogP contribution >= 0.6 is 11.6 Å². The molecule has 0 aliphatic carbocycles. The first-order valence-corrected chi connectivity index (χ1v) is 6.43. The third kappa shape index (κ3) is 4.13. The maximum atomic E-state index is 13.0. The quantitative estimate of drug-likeness (QED) is 0.280. The van der Waals surface area contributed by atoms with Crippen LogP contribution in [-0.2, 0) is 4.79 Å². The molecule has 0 unspecified atom stereocenters. The van der Waals surface area contributed by atoms with Crippen LogP contribution < -0.4 is 4.74 Å². The number of esters is 1. The Kier molecular flexibility index (Phi) is 4.85. The molecule has 0 amide bonds. The van der Waals surface area contributed by atoms with Gasteiger partial charge in [0.2, 0.25) is 0 Å². The van der Waals surface area contributed by atoms with E-state index in [0.717, 1.165) is 12.1 Å². The van der Waals surface area contributed by atoms with E-state index in [2.05, 4.69) is 0 Å². The number of hydrogen-bond donors (Lipinski definition) is 0. The van der Waals surface area contributed by atoms with Gasteiger partial charge in [-0.1, -0.05) is 23.7 Å². The minimum absolute atomic E-state index is 0.0826. The number of halogens is 2. The van der Waals surface area contributed by atoms with Crippen molar-refractivity contribution in [3.05, 3.63) is 75.1 Å². The molecule has 0 aromatic heterocycles. The number of nitrogens with zero attached hydrogens (tertiary/aromatic N) is 1. The van der Waals surface area contributed by atoms with E-state index in [1.165, 1.54) is 36.4 Å². The molecule has 2 aromatic rings. The van der Waals surface area contributed by atoms with Crippen molar-refractivity contribution in [2.45, 2.75) is 0 Å². The molecule has 22 heavy (non-hydrogen) atoms. The maximum absolute atomic E-state index is 13.0. The smallest absolute Gasteiger partial charge is 0.336 e. The van der Waals surface area contributed by atoms with Crippen molar-refractivity contribution in [1.82, 2.24) is 0 Å². The summed E-state index contributed by atoms with van der Waals surface area (Å²) in [5.41, 5.74) is 0.393. The molecule has 0 N–H and O–H groups in total. The third-order valence-electron chi connectivity index (χ3n) is 2.60. The Balaban J connectivity index is 2.06. The molecule has 0 heterocycles. The van der Waals surface area contributed by atoms with Crippen molar-refractivity contribution in [2.75, 3.05) is 0 Å². The summed E-state index contributed by atoms with van der Waals surface area (Å²) in [6, 6.07) is 9.29. The highest BCUT2D eigenvalue weighted by Gasteiger charge is 2.06. The first-order valence-electron chi connectivity index (χ1n) is 6.05. The molecule has 2 rings (SSSR count). The molecule has 2 aromatic carbocycles. The molecule has 112 valence electrons. The highest BCUT2D eigenvalue weighted by atomic mass is 35.5. The fourth-order valence-corrected chi connectivity index (χ4v) is 1.77. The minimum Gasteiger partial charge on any atom is -0.423 e. The predicted molar refractivity (Wildman–Crippen MR) is 79.2 cm³/mol. The summed E-state index contributed by atoms with van der Waals surface area (Å²) in [6.07, 6.45) is 2.48. The van der Waals surface area contributed by atoms with Gasteiger partial charge in [0, 0.05) is 24.3 Å². The Bertz CT molecular complexity index is 761. The molecular formula is C15H9ClFNO4. The Morgan fingerprint density at radius 3 is 2.73 bits per heavy atom. The number of nitro groups is 1. The van der Waals surface area contributed by atoms with E-state index >= 15 is 0 Å². The van der Waals surface area contributed by atoms with Crippen LogP contribution in [0.3, 0.4) is 0 Å². The Labute approximate surface area is 129 Å². The lowest BCUT2D eigenvalue weighted by molar-refractivity contribution is -0.384. The second-order valence-corrected chi connectivity index (χ2v) is 4.59. The monoisotopic (exact) mass is 321 g/mol. The summed E-state index contributed by atoms with van der Waals surface area (Å²) in [5.74, 6) is -1.23. The summed E-state index contributed by atoms with van der Waals surface area (Å²) < 4.78 is 17.9. The van der Waals surface area contributed by atoms with Gasteiger partial charge in [-0.05, 0) is 23.8 Å². The third-order valence-corrected chi connectivity index (χ3v) is 2.89. The fourth-order valence-electron chi connectivity index (χ4n) is 1.60. The number of rotatable bonds is 4. The topological polar surface area (TPSA) is 69.4 Å². The van der Waals surface area contributed by atoms with Crippen molar-refractivity contribution in [2.24, 2.45) is 0 Å². The summed E-state index contributed by atoms with van der Waals surface area (Å²) in [7, 11) is 0. The Hall–Kier alpha value is -2.73. The van der Waals surface area contributed by atoms with Crippen LogP contribution in [0, 0.1) is 15.9 Å². The van der Waals surface area contributed by atoms with Crippen LogP contribution in [0.2, 0.25) is 5.02 Å². The predicted octanol–water partition coefficient (Wildman–Crippen LogP) is 4.01. The van der Waals surface area contributed by atoms with Crippen LogP contribution in [-0.4, -0.2) is 10.9 Å². The minimum atomic E-state index is -0.714. The molecule has 0 aliphatic rings. The standard InChI is InChI=1S/C15H9ClFNO4/c16-13-9-12(5-6-14(13)17)22-15(19)7-4-10-2-1-3-11(8-10)18(20)21/h1-9H/b7-4+. The molecule has 5 nitrogen and oxygen atoms in total. The number of ether oxygens (including phenoxy) is 1. The van der Waals surface area contributed by atoms with Gasteiger partial charge in [-0.25, -0.2) is 9.18 Å². The fraction of sp³-hybridized carbons (Fsp3) is 0. The zero-order chi connectivity index (χ0) is 16.1. The molecular weight excluding hydrogens is 313 g/mol. The molecule has 0 spiro atoms. The van der Waals surface area contributed by atoms with Gasteiger partial charge >= 0.3 is 5.97 Å². The molecule has 7 heteroatoms. The molecule has 0 radical (unpaired) electrons. The van der Waals surface area contributed by atoms with E-state index in [0.29, 0.717) is 5.56 Å². The summed E-state index contributed by atoms with van der Waals surface area (Å²) >= 11 is 5.57. The molecule has 0 saturated carbocycles. The van der Waals surface area contributed by atoms with Crippen molar-refractivity contribution in [1.29, 1.82) is 0 Å². The molecule has 0 fully saturated rings. The number of hydrogen-bond acceptors (Lipinski definition) is 4. The lowest BCUT2D eigenvalue weighted by Crippen LogP contribution is -2.03.